The third-order valence-corrected chi connectivity index (χ3v) is 4.85. The van der Waals surface area contributed by atoms with Crippen molar-refractivity contribution in [3.63, 3.8) is 0 Å². The van der Waals surface area contributed by atoms with Crippen molar-refractivity contribution < 1.29 is 8.42 Å². The van der Waals surface area contributed by atoms with E-state index in [0.717, 1.165) is 12.7 Å². The van der Waals surface area contributed by atoms with E-state index in [1.807, 2.05) is 13.8 Å². The molecular weight excluding hydrogens is 319 g/mol. The molecule has 0 bridgehead atoms. The van der Waals surface area contributed by atoms with Gasteiger partial charge in [-0.05, 0) is 18.6 Å². The Kier molecular flexibility index (Phi) is 4.23. The van der Waals surface area contributed by atoms with Gasteiger partial charge < -0.3 is 0 Å². The van der Waals surface area contributed by atoms with Gasteiger partial charge >= 0.3 is 0 Å². The molecule has 7 heteroatoms. The lowest BCUT2D eigenvalue weighted by atomic mass is 10.1. The number of rotatable bonds is 3. The molecule has 2 rings (SSSR count). The molecule has 2 aromatic rings. The van der Waals surface area contributed by atoms with E-state index in [2.05, 4.69) is 9.97 Å². The number of sulfone groups is 1. The van der Waals surface area contributed by atoms with Crippen LogP contribution in [0.3, 0.4) is 0 Å². The van der Waals surface area contributed by atoms with Gasteiger partial charge in [0.1, 0.15) is 0 Å². The predicted octanol–water partition coefficient (Wildman–Crippen LogP) is 3.85. The van der Waals surface area contributed by atoms with Crippen molar-refractivity contribution in [1.82, 2.24) is 9.97 Å². The van der Waals surface area contributed by atoms with Crippen molar-refractivity contribution >= 4 is 44.1 Å². The molecule has 108 valence electrons. The summed E-state index contributed by atoms with van der Waals surface area (Å²) >= 11 is 11.9. The maximum atomic E-state index is 11.9. The van der Waals surface area contributed by atoms with Gasteiger partial charge in [0.2, 0.25) is 0 Å². The third-order valence-electron chi connectivity index (χ3n) is 3.13. The zero-order valence-corrected chi connectivity index (χ0v) is 13.6. The second-order valence-electron chi connectivity index (χ2n) is 4.75. The van der Waals surface area contributed by atoms with Crippen molar-refractivity contribution in [2.75, 3.05) is 6.26 Å². The van der Waals surface area contributed by atoms with Crippen molar-refractivity contribution in [1.29, 1.82) is 0 Å². The molecule has 1 atom stereocenters. The molecule has 20 heavy (non-hydrogen) atoms. The van der Waals surface area contributed by atoms with Crippen molar-refractivity contribution in [2.24, 2.45) is 0 Å². The van der Waals surface area contributed by atoms with E-state index < -0.39 is 9.84 Å². The fourth-order valence-electron chi connectivity index (χ4n) is 1.84. The molecule has 0 radical (unpaired) electrons. The Morgan fingerprint density at radius 1 is 1.15 bits per heavy atom. The SMILES string of the molecule is CCC(C)c1nc2cc(Cl)c(Cl)cc2nc1S(C)(=O)=O. The standard InChI is InChI=1S/C13H14Cl2N2O2S/c1-4-7(2)12-13(20(3,18)19)17-11-6-9(15)8(14)5-10(11)16-12/h5-7H,4H2,1-3H3. The van der Waals surface area contributed by atoms with Gasteiger partial charge in [0.25, 0.3) is 0 Å². The first-order valence-electron chi connectivity index (χ1n) is 6.10. The van der Waals surface area contributed by atoms with Crippen LogP contribution in [-0.4, -0.2) is 24.6 Å². The first-order chi connectivity index (χ1) is 9.24. The van der Waals surface area contributed by atoms with Crippen LogP contribution >= 0.6 is 23.2 Å². The minimum Gasteiger partial charge on any atom is -0.248 e. The summed E-state index contributed by atoms with van der Waals surface area (Å²) in [5, 5.41) is 0.706. The lowest BCUT2D eigenvalue weighted by Gasteiger charge is -2.13. The predicted molar refractivity (Wildman–Crippen MR) is 81.4 cm³/mol. The Balaban J connectivity index is 2.85. The topological polar surface area (TPSA) is 59.9 Å². The number of hydrogen-bond acceptors (Lipinski definition) is 4. The van der Waals surface area contributed by atoms with Gasteiger partial charge in [-0.2, -0.15) is 0 Å². The molecule has 0 fully saturated rings. The summed E-state index contributed by atoms with van der Waals surface area (Å²) in [6.45, 7) is 3.89. The highest BCUT2D eigenvalue weighted by atomic mass is 35.5. The fraction of sp³-hybridized carbons (Fsp3) is 0.385. The number of hydrogen-bond donors (Lipinski definition) is 0. The first kappa shape index (κ1) is 15.5. The Bertz CT molecular complexity index is 776. The van der Waals surface area contributed by atoms with Crippen LogP contribution in [0.25, 0.3) is 11.0 Å². The van der Waals surface area contributed by atoms with E-state index in [4.69, 9.17) is 23.2 Å². The van der Waals surface area contributed by atoms with Crippen LogP contribution in [0.4, 0.5) is 0 Å². The molecule has 1 aromatic carbocycles. The molecule has 0 saturated carbocycles. The molecule has 0 saturated heterocycles. The molecule has 0 aliphatic heterocycles. The number of benzene rings is 1. The fourth-order valence-corrected chi connectivity index (χ4v) is 3.04. The highest BCUT2D eigenvalue weighted by molar-refractivity contribution is 7.90. The van der Waals surface area contributed by atoms with Gasteiger partial charge in [0.15, 0.2) is 14.9 Å². The van der Waals surface area contributed by atoms with E-state index in [0.29, 0.717) is 26.8 Å². The Morgan fingerprint density at radius 2 is 1.65 bits per heavy atom. The van der Waals surface area contributed by atoms with E-state index in [1.54, 1.807) is 6.07 Å². The van der Waals surface area contributed by atoms with Gasteiger partial charge in [0, 0.05) is 12.2 Å². The number of nitrogens with zero attached hydrogens (tertiary/aromatic N) is 2. The van der Waals surface area contributed by atoms with E-state index in [1.165, 1.54) is 6.07 Å². The van der Waals surface area contributed by atoms with Gasteiger partial charge in [-0.1, -0.05) is 37.0 Å². The number of aromatic nitrogens is 2. The number of fused-ring (bicyclic) bond motifs is 1. The van der Waals surface area contributed by atoms with Gasteiger partial charge in [0.05, 0.1) is 26.8 Å². The smallest absolute Gasteiger partial charge is 0.194 e. The summed E-state index contributed by atoms with van der Waals surface area (Å²) in [6.07, 6.45) is 1.90. The summed E-state index contributed by atoms with van der Waals surface area (Å²) in [5.74, 6) is -0.00826. The molecule has 1 heterocycles. The summed E-state index contributed by atoms with van der Waals surface area (Å²) in [5.41, 5.74) is 1.44. The van der Waals surface area contributed by atoms with Crippen LogP contribution in [0.5, 0.6) is 0 Å². The summed E-state index contributed by atoms with van der Waals surface area (Å²) in [6, 6.07) is 3.13. The number of halogens is 2. The van der Waals surface area contributed by atoms with Crippen LogP contribution < -0.4 is 0 Å². The lowest BCUT2D eigenvalue weighted by Crippen LogP contribution is -2.10. The normalized spacial score (nSPS) is 13.7. The van der Waals surface area contributed by atoms with Crippen molar-refractivity contribution in [3.05, 3.63) is 27.9 Å². The first-order valence-corrected chi connectivity index (χ1v) is 8.75. The Labute approximate surface area is 128 Å². The average molecular weight is 333 g/mol. The second kappa shape index (κ2) is 5.47. The van der Waals surface area contributed by atoms with Crippen molar-refractivity contribution in [2.45, 2.75) is 31.2 Å². The molecule has 0 amide bonds. The monoisotopic (exact) mass is 332 g/mol. The highest BCUT2D eigenvalue weighted by Gasteiger charge is 2.22. The quantitative estimate of drug-likeness (QED) is 0.856. The maximum absolute atomic E-state index is 11.9. The third kappa shape index (κ3) is 2.90. The van der Waals surface area contributed by atoms with Crippen LogP contribution in [0.2, 0.25) is 10.0 Å². The Hall–Kier alpha value is -0.910. The average Bonchev–Trinajstić information content (AvgIpc) is 2.37. The molecule has 1 aromatic heterocycles. The molecule has 4 nitrogen and oxygen atoms in total. The second-order valence-corrected chi connectivity index (χ2v) is 7.50. The van der Waals surface area contributed by atoms with Crippen molar-refractivity contribution in [3.8, 4) is 0 Å². The minimum absolute atomic E-state index is 0.00826. The minimum atomic E-state index is -3.45. The zero-order valence-electron chi connectivity index (χ0n) is 11.3. The highest BCUT2D eigenvalue weighted by Crippen LogP contribution is 2.30. The molecule has 0 aliphatic rings. The molecule has 0 spiro atoms. The van der Waals surface area contributed by atoms with E-state index in [-0.39, 0.29) is 10.9 Å². The van der Waals surface area contributed by atoms with Gasteiger partial charge in [-0.3, -0.25) is 0 Å². The Morgan fingerprint density at radius 3 is 2.10 bits per heavy atom. The summed E-state index contributed by atoms with van der Waals surface area (Å²) in [7, 11) is -3.45. The lowest BCUT2D eigenvalue weighted by molar-refractivity contribution is 0.590. The summed E-state index contributed by atoms with van der Waals surface area (Å²) < 4.78 is 23.8. The maximum Gasteiger partial charge on any atom is 0.194 e. The molecule has 0 aliphatic carbocycles. The van der Waals surface area contributed by atoms with Crippen LogP contribution in [0, 0.1) is 0 Å². The van der Waals surface area contributed by atoms with Gasteiger partial charge in [-0.15, -0.1) is 0 Å². The van der Waals surface area contributed by atoms with Crippen LogP contribution in [-0.2, 0) is 9.84 Å². The molecule has 1 unspecified atom stereocenters. The molecular formula is C13H14Cl2N2O2S. The van der Waals surface area contributed by atoms with E-state index >= 15 is 0 Å². The van der Waals surface area contributed by atoms with Crippen LogP contribution in [0.1, 0.15) is 31.9 Å². The largest absolute Gasteiger partial charge is 0.248 e. The summed E-state index contributed by atoms with van der Waals surface area (Å²) in [4.78, 5) is 8.65. The molecule has 0 N–H and O–H groups in total. The zero-order chi connectivity index (χ0) is 15.1. The van der Waals surface area contributed by atoms with Crippen LogP contribution in [0.15, 0.2) is 17.2 Å². The van der Waals surface area contributed by atoms with Gasteiger partial charge in [-0.25, -0.2) is 18.4 Å². The van der Waals surface area contributed by atoms with E-state index in [9.17, 15) is 8.42 Å².